The zero-order valence-corrected chi connectivity index (χ0v) is 16.8. The molecular formula is C21H19FN6O4. The van der Waals surface area contributed by atoms with Crippen molar-refractivity contribution in [1.82, 2.24) is 10.1 Å². The molecular weight excluding hydrogens is 419 g/mol. The molecule has 0 radical (unpaired) electrons. The Morgan fingerprint density at radius 1 is 1.22 bits per heavy atom. The Bertz CT molecular complexity index is 1120. The lowest BCUT2D eigenvalue weighted by Crippen LogP contribution is -2.29. The maximum atomic E-state index is 14.9. The van der Waals surface area contributed by atoms with Gasteiger partial charge < -0.3 is 24.3 Å². The molecule has 5 rings (SSSR count). The topological polar surface area (TPSA) is 105 Å². The molecule has 2 aliphatic rings. The molecule has 4 heterocycles. The minimum absolute atomic E-state index is 0.288. The number of carbonyl (C=O) groups excluding carboxylic acids is 1. The van der Waals surface area contributed by atoms with E-state index in [-0.39, 0.29) is 6.54 Å². The van der Waals surface area contributed by atoms with E-state index in [9.17, 15) is 9.18 Å². The highest BCUT2D eigenvalue weighted by Gasteiger charge is 2.32. The van der Waals surface area contributed by atoms with Crippen LogP contribution >= 0.6 is 0 Å². The summed E-state index contributed by atoms with van der Waals surface area (Å²) in [7, 11) is 0. The van der Waals surface area contributed by atoms with E-state index in [1.807, 2.05) is 4.90 Å². The van der Waals surface area contributed by atoms with E-state index in [0.29, 0.717) is 48.2 Å². The van der Waals surface area contributed by atoms with Crippen molar-refractivity contribution in [3.63, 3.8) is 0 Å². The summed E-state index contributed by atoms with van der Waals surface area (Å²) in [6.45, 7) is 1.76. The number of nitrogens with one attached hydrogen (secondary N) is 1. The van der Waals surface area contributed by atoms with Crippen molar-refractivity contribution in [3.8, 4) is 11.1 Å². The molecule has 32 heavy (non-hydrogen) atoms. The van der Waals surface area contributed by atoms with Crippen molar-refractivity contribution in [2.45, 2.75) is 6.10 Å². The second-order valence-corrected chi connectivity index (χ2v) is 7.19. The molecule has 1 aromatic carbocycles. The number of hydrogen-bond acceptors (Lipinski definition) is 9. The van der Waals surface area contributed by atoms with Crippen molar-refractivity contribution in [3.05, 3.63) is 54.6 Å². The summed E-state index contributed by atoms with van der Waals surface area (Å²) in [5.41, 5.74) is 1.44. The minimum Gasteiger partial charge on any atom is -0.442 e. The maximum absolute atomic E-state index is 14.9. The van der Waals surface area contributed by atoms with Crippen LogP contribution < -0.4 is 15.1 Å². The fourth-order valence-corrected chi connectivity index (χ4v) is 3.49. The number of halogens is 1. The van der Waals surface area contributed by atoms with Gasteiger partial charge >= 0.3 is 6.09 Å². The molecule has 164 valence electrons. The summed E-state index contributed by atoms with van der Waals surface area (Å²) >= 11 is 0. The number of carbonyl (C=O) groups is 1. The van der Waals surface area contributed by atoms with Gasteiger partial charge in [-0.3, -0.25) is 4.90 Å². The summed E-state index contributed by atoms with van der Waals surface area (Å²) in [5.74, 6) is 0.721. The van der Waals surface area contributed by atoms with Crippen LogP contribution in [0.15, 0.2) is 58.5 Å². The number of cyclic esters (lactones) is 1. The summed E-state index contributed by atoms with van der Waals surface area (Å²) < 4.78 is 25.2. The summed E-state index contributed by atoms with van der Waals surface area (Å²) in [5, 5.41) is 10.4. The SMILES string of the molecule is O=C1OC(CNc2ccno2)CN1c1ccc(-c2ccc(N3C=NOCC3)nc2)c(F)c1. The first-order valence-corrected chi connectivity index (χ1v) is 9.98. The molecule has 1 amide bonds. The molecule has 0 saturated carbocycles. The maximum Gasteiger partial charge on any atom is 0.414 e. The van der Waals surface area contributed by atoms with Gasteiger partial charge in [-0.25, -0.2) is 14.2 Å². The first-order valence-electron chi connectivity index (χ1n) is 9.98. The molecule has 3 aromatic rings. The fraction of sp³-hybridized carbons (Fsp3) is 0.238. The molecule has 1 fully saturated rings. The number of aromatic nitrogens is 2. The highest BCUT2D eigenvalue weighted by atomic mass is 19.1. The van der Waals surface area contributed by atoms with Gasteiger partial charge in [0.25, 0.3) is 0 Å². The third-order valence-corrected chi connectivity index (χ3v) is 5.12. The first kappa shape index (κ1) is 19.8. The van der Waals surface area contributed by atoms with Gasteiger partial charge in [-0.2, -0.15) is 0 Å². The number of anilines is 3. The molecule has 1 N–H and O–H groups in total. The second-order valence-electron chi connectivity index (χ2n) is 7.19. The van der Waals surface area contributed by atoms with E-state index in [0.717, 1.165) is 0 Å². The van der Waals surface area contributed by atoms with E-state index < -0.39 is 18.0 Å². The normalized spacial score (nSPS) is 17.9. The number of rotatable bonds is 6. The lowest BCUT2D eigenvalue weighted by Gasteiger charge is -2.20. The summed E-state index contributed by atoms with van der Waals surface area (Å²) in [6, 6.07) is 9.90. The van der Waals surface area contributed by atoms with Crippen LogP contribution in [-0.4, -0.2) is 54.9 Å². The molecule has 1 saturated heterocycles. The van der Waals surface area contributed by atoms with Gasteiger partial charge in [-0.15, -0.1) is 0 Å². The van der Waals surface area contributed by atoms with Gasteiger partial charge in [0.2, 0.25) is 5.88 Å². The first-order chi connectivity index (χ1) is 15.7. The lowest BCUT2D eigenvalue weighted by molar-refractivity contribution is 0.144. The molecule has 0 bridgehead atoms. The van der Waals surface area contributed by atoms with E-state index in [1.54, 1.807) is 42.9 Å². The number of oxime groups is 1. The van der Waals surface area contributed by atoms with Gasteiger partial charge in [0, 0.05) is 23.4 Å². The number of nitrogens with zero attached hydrogens (tertiary/aromatic N) is 5. The number of ether oxygens (including phenoxy) is 1. The van der Waals surface area contributed by atoms with Gasteiger partial charge in [0.15, 0.2) is 0 Å². The Hall–Kier alpha value is -4.15. The molecule has 2 aromatic heterocycles. The third kappa shape index (κ3) is 4.04. The van der Waals surface area contributed by atoms with Crippen LogP contribution in [0.1, 0.15) is 0 Å². The number of pyridine rings is 1. The lowest BCUT2D eigenvalue weighted by atomic mass is 10.1. The smallest absolute Gasteiger partial charge is 0.414 e. The van der Waals surface area contributed by atoms with Crippen LogP contribution in [-0.2, 0) is 9.57 Å². The van der Waals surface area contributed by atoms with Gasteiger partial charge in [0.1, 0.15) is 30.7 Å². The molecule has 1 atom stereocenters. The Morgan fingerprint density at radius 3 is 2.88 bits per heavy atom. The van der Waals surface area contributed by atoms with Crippen molar-refractivity contribution >= 4 is 29.8 Å². The Morgan fingerprint density at radius 2 is 2.16 bits per heavy atom. The molecule has 0 spiro atoms. The summed E-state index contributed by atoms with van der Waals surface area (Å²) in [6.07, 6.45) is 3.74. The molecule has 1 unspecified atom stereocenters. The van der Waals surface area contributed by atoms with Gasteiger partial charge in [-0.05, 0) is 30.3 Å². The number of amides is 1. The van der Waals surface area contributed by atoms with Crippen LogP contribution in [0.2, 0.25) is 0 Å². The zero-order valence-electron chi connectivity index (χ0n) is 16.8. The van der Waals surface area contributed by atoms with E-state index in [2.05, 4.69) is 20.6 Å². The Labute approximate surface area is 182 Å². The molecule has 0 aliphatic carbocycles. The van der Waals surface area contributed by atoms with Crippen LogP contribution in [0.5, 0.6) is 0 Å². The van der Waals surface area contributed by atoms with E-state index in [1.165, 1.54) is 17.2 Å². The standard InChI is InChI=1S/C21H19FN6O4/c22-18-9-15(28-12-16(31-21(28)29)11-24-20-5-6-25-32-20)2-3-17(18)14-1-4-19(23-10-14)27-7-8-30-26-13-27/h1-6,9-10,13,16,24H,7-8,11-12H2. The predicted molar refractivity (Wildman–Crippen MR) is 114 cm³/mol. The molecule has 11 heteroatoms. The highest BCUT2D eigenvalue weighted by molar-refractivity contribution is 5.90. The predicted octanol–water partition coefficient (Wildman–Crippen LogP) is 3.09. The largest absolute Gasteiger partial charge is 0.442 e. The fourth-order valence-electron chi connectivity index (χ4n) is 3.49. The third-order valence-electron chi connectivity index (χ3n) is 5.12. The van der Waals surface area contributed by atoms with Crippen molar-refractivity contribution in [2.75, 3.05) is 41.4 Å². The monoisotopic (exact) mass is 438 g/mol. The number of benzene rings is 1. The quantitative estimate of drug-likeness (QED) is 0.626. The van der Waals surface area contributed by atoms with Gasteiger partial charge in [-0.1, -0.05) is 10.3 Å². The van der Waals surface area contributed by atoms with Gasteiger partial charge in [0.05, 0.1) is 31.5 Å². The highest BCUT2D eigenvalue weighted by Crippen LogP contribution is 2.29. The van der Waals surface area contributed by atoms with Crippen LogP contribution in [0.4, 0.5) is 26.6 Å². The van der Waals surface area contributed by atoms with Crippen LogP contribution in [0, 0.1) is 5.82 Å². The van der Waals surface area contributed by atoms with Crippen LogP contribution in [0.3, 0.4) is 0 Å². The van der Waals surface area contributed by atoms with Crippen molar-refractivity contribution in [1.29, 1.82) is 0 Å². The average molecular weight is 438 g/mol. The van der Waals surface area contributed by atoms with Crippen molar-refractivity contribution in [2.24, 2.45) is 5.16 Å². The second kappa shape index (κ2) is 8.53. The van der Waals surface area contributed by atoms with Crippen LogP contribution in [0.25, 0.3) is 11.1 Å². The minimum atomic E-state index is -0.528. The van der Waals surface area contributed by atoms with E-state index in [4.69, 9.17) is 14.1 Å². The number of hydrogen-bond donors (Lipinski definition) is 1. The van der Waals surface area contributed by atoms with Crippen molar-refractivity contribution < 1.29 is 23.3 Å². The summed E-state index contributed by atoms with van der Waals surface area (Å²) in [4.78, 5) is 24.9. The molecule has 2 aliphatic heterocycles. The van der Waals surface area contributed by atoms with E-state index >= 15 is 0 Å². The Balaban J connectivity index is 1.27. The Kier molecular flexibility index (Phi) is 5.28. The zero-order chi connectivity index (χ0) is 21.9. The average Bonchev–Trinajstić information content (AvgIpc) is 3.48. The molecule has 10 nitrogen and oxygen atoms in total.